The third-order valence-electron chi connectivity index (χ3n) is 2.77. The number of aryl methyl sites for hydroxylation is 1. The Kier molecular flexibility index (Phi) is 5.05. The van der Waals surface area contributed by atoms with Gasteiger partial charge in [-0.1, -0.05) is 13.8 Å². The van der Waals surface area contributed by atoms with E-state index >= 15 is 0 Å². The van der Waals surface area contributed by atoms with Crippen molar-refractivity contribution in [2.45, 2.75) is 20.8 Å². The fraction of sp³-hybridized carbons (Fsp3) is 0.583. The molecule has 0 aromatic carbocycles. The molecule has 4 heteroatoms. The number of nitrogens with two attached hydrogens (primary N) is 1. The molecule has 1 heterocycles. The van der Waals surface area contributed by atoms with Gasteiger partial charge in [0.2, 0.25) is 0 Å². The number of rotatable bonds is 6. The molecule has 0 unspecified atom stereocenters. The topological polar surface area (TPSA) is 54.2 Å². The number of anilines is 2. The zero-order valence-corrected chi connectivity index (χ0v) is 10.5. The largest absolute Gasteiger partial charge is 0.398 e. The minimum atomic E-state index is 0.792. The van der Waals surface area contributed by atoms with Crippen LogP contribution < -0.4 is 11.1 Å². The number of pyridine rings is 1. The van der Waals surface area contributed by atoms with Crippen molar-refractivity contribution in [3.63, 3.8) is 0 Å². The van der Waals surface area contributed by atoms with Crippen molar-refractivity contribution in [1.82, 2.24) is 9.88 Å². The average Bonchev–Trinajstić information content (AvgIpc) is 2.29. The summed E-state index contributed by atoms with van der Waals surface area (Å²) in [6.07, 6.45) is 1.80. The molecular weight excluding hydrogens is 200 g/mol. The van der Waals surface area contributed by atoms with Gasteiger partial charge in [0, 0.05) is 31.0 Å². The zero-order chi connectivity index (χ0) is 12.0. The molecule has 0 aliphatic rings. The Balaban J connectivity index is 2.40. The van der Waals surface area contributed by atoms with Gasteiger partial charge in [-0.05, 0) is 25.6 Å². The van der Waals surface area contributed by atoms with E-state index in [9.17, 15) is 0 Å². The van der Waals surface area contributed by atoms with Crippen molar-refractivity contribution < 1.29 is 0 Å². The van der Waals surface area contributed by atoms with Gasteiger partial charge in [0.25, 0.3) is 0 Å². The Morgan fingerprint density at radius 3 is 2.62 bits per heavy atom. The highest BCUT2D eigenvalue weighted by molar-refractivity contribution is 5.53. The van der Waals surface area contributed by atoms with Crippen LogP contribution in [0.3, 0.4) is 0 Å². The maximum atomic E-state index is 5.81. The number of likely N-dealkylation sites (N-methyl/N-ethyl adjacent to an activating group) is 1. The molecule has 1 aromatic heterocycles. The SMILES string of the molecule is CCN(CC)CCNc1cc(N)c(C)cn1. The van der Waals surface area contributed by atoms with Gasteiger partial charge in [-0.2, -0.15) is 0 Å². The van der Waals surface area contributed by atoms with Crippen molar-refractivity contribution in [1.29, 1.82) is 0 Å². The highest BCUT2D eigenvalue weighted by Gasteiger charge is 2.00. The predicted molar refractivity (Wildman–Crippen MR) is 69.7 cm³/mol. The van der Waals surface area contributed by atoms with Gasteiger partial charge < -0.3 is 16.0 Å². The van der Waals surface area contributed by atoms with Crippen molar-refractivity contribution >= 4 is 11.5 Å². The zero-order valence-electron chi connectivity index (χ0n) is 10.5. The van der Waals surface area contributed by atoms with Crippen LogP contribution in [0.5, 0.6) is 0 Å². The molecule has 0 spiro atoms. The van der Waals surface area contributed by atoms with Gasteiger partial charge in [0.15, 0.2) is 0 Å². The predicted octanol–water partition coefficient (Wildman–Crippen LogP) is 1.73. The van der Waals surface area contributed by atoms with E-state index in [0.29, 0.717) is 0 Å². The van der Waals surface area contributed by atoms with E-state index in [1.54, 1.807) is 6.20 Å². The lowest BCUT2D eigenvalue weighted by atomic mass is 10.2. The minimum Gasteiger partial charge on any atom is -0.398 e. The van der Waals surface area contributed by atoms with Crippen molar-refractivity contribution in [3.05, 3.63) is 17.8 Å². The third-order valence-corrected chi connectivity index (χ3v) is 2.77. The summed E-state index contributed by atoms with van der Waals surface area (Å²) in [5.74, 6) is 0.857. The smallest absolute Gasteiger partial charge is 0.128 e. The minimum absolute atomic E-state index is 0.792. The number of hydrogen-bond acceptors (Lipinski definition) is 4. The Morgan fingerprint density at radius 1 is 1.38 bits per heavy atom. The van der Waals surface area contributed by atoms with Crippen LogP contribution in [0.4, 0.5) is 11.5 Å². The van der Waals surface area contributed by atoms with E-state index in [1.807, 2.05) is 13.0 Å². The van der Waals surface area contributed by atoms with Crippen LogP contribution in [0.2, 0.25) is 0 Å². The van der Waals surface area contributed by atoms with Crippen LogP contribution in [0, 0.1) is 6.92 Å². The average molecular weight is 222 g/mol. The van der Waals surface area contributed by atoms with Gasteiger partial charge in [-0.25, -0.2) is 4.98 Å². The fourth-order valence-corrected chi connectivity index (χ4v) is 1.52. The summed E-state index contributed by atoms with van der Waals surface area (Å²) < 4.78 is 0. The summed E-state index contributed by atoms with van der Waals surface area (Å²) in [7, 11) is 0. The van der Waals surface area contributed by atoms with Crippen molar-refractivity contribution in [3.8, 4) is 0 Å². The first-order chi connectivity index (χ1) is 7.67. The van der Waals surface area contributed by atoms with Crippen molar-refractivity contribution in [2.24, 2.45) is 0 Å². The van der Waals surface area contributed by atoms with Crippen LogP contribution in [-0.4, -0.2) is 36.1 Å². The van der Waals surface area contributed by atoms with Gasteiger partial charge in [-0.3, -0.25) is 0 Å². The van der Waals surface area contributed by atoms with E-state index in [4.69, 9.17) is 5.73 Å². The molecule has 0 saturated heterocycles. The van der Waals surface area contributed by atoms with E-state index in [2.05, 4.69) is 29.0 Å². The first kappa shape index (κ1) is 12.8. The second kappa shape index (κ2) is 6.33. The van der Waals surface area contributed by atoms with Gasteiger partial charge in [0.05, 0.1) is 0 Å². The van der Waals surface area contributed by atoms with E-state index in [-0.39, 0.29) is 0 Å². The highest BCUT2D eigenvalue weighted by atomic mass is 15.1. The van der Waals surface area contributed by atoms with Crippen LogP contribution in [-0.2, 0) is 0 Å². The van der Waals surface area contributed by atoms with Gasteiger partial charge in [-0.15, -0.1) is 0 Å². The molecule has 90 valence electrons. The second-order valence-electron chi connectivity index (χ2n) is 3.88. The number of nitrogen functional groups attached to an aromatic ring is 1. The standard InChI is InChI=1S/C12H22N4/c1-4-16(5-2)7-6-14-12-8-11(13)10(3)9-15-12/h8-9H,4-7H2,1-3H3,(H3,13,14,15). The summed E-state index contributed by atoms with van der Waals surface area (Å²) in [6.45, 7) is 10.4. The van der Waals surface area contributed by atoms with Crippen LogP contribution in [0.15, 0.2) is 12.3 Å². The van der Waals surface area contributed by atoms with E-state index in [0.717, 1.165) is 43.2 Å². The summed E-state index contributed by atoms with van der Waals surface area (Å²) in [5, 5.41) is 3.28. The molecular formula is C12H22N4. The molecule has 16 heavy (non-hydrogen) atoms. The van der Waals surface area contributed by atoms with Gasteiger partial charge in [0.1, 0.15) is 5.82 Å². The maximum Gasteiger partial charge on any atom is 0.128 e. The first-order valence-corrected chi connectivity index (χ1v) is 5.85. The Labute approximate surface area is 97.9 Å². The van der Waals surface area contributed by atoms with Crippen LogP contribution >= 0.6 is 0 Å². The number of hydrogen-bond donors (Lipinski definition) is 2. The lowest BCUT2D eigenvalue weighted by molar-refractivity contribution is 0.316. The molecule has 0 aliphatic carbocycles. The molecule has 1 rings (SSSR count). The molecule has 4 nitrogen and oxygen atoms in total. The molecule has 0 saturated carbocycles. The lowest BCUT2D eigenvalue weighted by Crippen LogP contribution is -2.28. The molecule has 3 N–H and O–H groups in total. The van der Waals surface area contributed by atoms with E-state index in [1.165, 1.54) is 0 Å². The monoisotopic (exact) mass is 222 g/mol. The molecule has 0 amide bonds. The summed E-state index contributed by atoms with van der Waals surface area (Å²) in [6, 6.07) is 1.89. The van der Waals surface area contributed by atoms with Gasteiger partial charge >= 0.3 is 0 Å². The Hall–Kier alpha value is -1.29. The second-order valence-corrected chi connectivity index (χ2v) is 3.88. The van der Waals surface area contributed by atoms with Crippen LogP contribution in [0.25, 0.3) is 0 Å². The number of nitrogens with zero attached hydrogens (tertiary/aromatic N) is 2. The fourth-order valence-electron chi connectivity index (χ4n) is 1.52. The number of aromatic nitrogens is 1. The Bertz CT molecular complexity index is 321. The third kappa shape index (κ3) is 3.70. The molecule has 0 aliphatic heterocycles. The van der Waals surface area contributed by atoms with E-state index < -0.39 is 0 Å². The normalized spacial score (nSPS) is 10.8. The number of nitrogens with one attached hydrogen (secondary N) is 1. The molecule has 0 bridgehead atoms. The molecule has 0 fully saturated rings. The maximum absolute atomic E-state index is 5.81. The van der Waals surface area contributed by atoms with Crippen LogP contribution in [0.1, 0.15) is 19.4 Å². The molecule has 1 aromatic rings. The first-order valence-electron chi connectivity index (χ1n) is 5.85. The molecule has 0 radical (unpaired) electrons. The molecule has 0 atom stereocenters. The summed E-state index contributed by atoms with van der Waals surface area (Å²) >= 11 is 0. The lowest BCUT2D eigenvalue weighted by Gasteiger charge is -2.18. The summed E-state index contributed by atoms with van der Waals surface area (Å²) in [4.78, 5) is 6.64. The Morgan fingerprint density at radius 2 is 2.06 bits per heavy atom. The van der Waals surface area contributed by atoms with Crippen molar-refractivity contribution in [2.75, 3.05) is 37.2 Å². The highest BCUT2D eigenvalue weighted by Crippen LogP contribution is 2.12. The quantitative estimate of drug-likeness (QED) is 0.769. The summed E-state index contributed by atoms with van der Waals surface area (Å²) in [5.41, 5.74) is 7.63.